The Hall–Kier alpha value is -0.740. The molecule has 1 aromatic heterocycles. The molecular formula is C13H18N2OS. The zero-order valence-corrected chi connectivity index (χ0v) is 11.1. The van der Waals surface area contributed by atoms with Gasteiger partial charge in [-0.3, -0.25) is 4.79 Å². The van der Waals surface area contributed by atoms with Gasteiger partial charge in [-0.25, -0.2) is 4.98 Å². The fourth-order valence-corrected chi connectivity index (χ4v) is 4.02. The number of ketones is 1. The van der Waals surface area contributed by atoms with Crippen LogP contribution in [-0.4, -0.2) is 22.9 Å². The zero-order valence-electron chi connectivity index (χ0n) is 10.3. The lowest BCUT2D eigenvalue weighted by atomic mass is 9.85. The van der Waals surface area contributed by atoms with Crippen molar-refractivity contribution in [1.29, 1.82) is 0 Å². The molecule has 92 valence electrons. The van der Waals surface area contributed by atoms with E-state index in [2.05, 4.69) is 17.2 Å². The van der Waals surface area contributed by atoms with Crippen LogP contribution in [0.25, 0.3) is 0 Å². The minimum Gasteiger partial charge on any atom is -0.310 e. The number of hydrogen-bond donors (Lipinski definition) is 1. The van der Waals surface area contributed by atoms with Gasteiger partial charge in [0.05, 0.1) is 12.1 Å². The molecule has 0 radical (unpaired) electrons. The summed E-state index contributed by atoms with van der Waals surface area (Å²) in [5.74, 6) is 0.636. The van der Waals surface area contributed by atoms with Crippen molar-refractivity contribution < 1.29 is 4.79 Å². The van der Waals surface area contributed by atoms with Gasteiger partial charge in [0.2, 0.25) is 0 Å². The molecule has 0 aromatic carbocycles. The first kappa shape index (κ1) is 11.4. The lowest BCUT2D eigenvalue weighted by Crippen LogP contribution is -2.29. The van der Waals surface area contributed by atoms with Crippen LogP contribution in [0.2, 0.25) is 0 Å². The van der Waals surface area contributed by atoms with Crippen molar-refractivity contribution in [2.24, 2.45) is 5.92 Å². The Kier molecular flexibility index (Phi) is 2.79. The molecule has 2 saturated heterocycles. The van der Waals surface area contributed by atoms with Crippen molar-refractivity contribution in [3.63, 3.8) is 0 Å². The zero-order chi connectivity index (χ0) is 12.0. The number of carbonyl (C=O) groups excluding carboxylic acids is 1. The average molecular weight is 250 g/mol. The van der Waals surface area contributed by atoms with E-state index in [4.69, 9.17) is 0 Å². The van der Waals surface area contributed by atoms with Gasteiger partial charge in [-0.1, -0.05) is 0 Å². The van der Waals surface area contributed by atoms with Crippen molar-refractivity contribution >= 4 is 17.1 Å². The number of aromatic nitrogens is 1. The van der Waals surface area contributed by atoms with E-state index in [0.717, 1.165) is 17.1 Å². The molecule has 1 N–H and O–H groups in total. The first-order chi connectivity index (χ1) is 8.13. The number of aryl methyl sites for hydroxylation is 2. The summed E-state index contributed by atoms with van der Waals surface area (Å²) in [7, 11) is 0. The molecule has 2 fully saturated rings. The highest BCUT2D eigenvalue weighted by atomic mass is 32.1. The first-order valence-electron chi connectivity index (χ1n) is 6.35. The topological polar surface area (TPSA) is 42.0 Å². The monoisotopic (exact) mass is 250 g/mol. The van der Waals surface area contributed by atoms with Gasteiger partial charge in [0.15, 0.2) is 0 Å². The molecule has 2 bridgehead atoms. The molecule has 0 aliphatic carbocycles. The number of nitrogens with zero attached hydrogens (tertiary/aromatic N) is 1. The summed E-state index contributed by atoms with van der Waals surface area (Å²) in [4.78, 5) is 17.9. The lowest BCUT2D eigenvalue weighted by Gasteiger charge is -2.17. The molecule has 3 unspecified atom stereocenters. The molecule has 0 saturated carbocycles. The SMILES string of the molecule is Cc1nc(CC(=O)C2CC3CCC2N3)sc1C. The normalized spacial score (nSPS) is 31.1. The third kappa shape index (κ3) is 2.04. The van der Waals surface area contributed by atoms with Crippen molar-refractivity contribution in [3.8, 4) is 0 Å². The van der Waals surface area contributed by atoms with E-state index in [0.29, 0.717) is 24.3 Å². The summed E-state index contributed by atoms with van der Waals surface area (Å²) in [5.41, 5.74) is 1.07. The number of fused-ring (bicyclic) bond motifs is 2. The Morgan fingerprint density at radius 2 is 2.29 bits per heavy atom. The number of carbonyl (C=O) groups is 1. The molecule has 0 amide bonds. The van der Waals surface area contributed by atoms with Crippen LogP contribution < -0.4 is 5.32 Å². The Balaban J connectivity index is 1.67. The van der Waals surface area contributed by atoms with Crippen LogP contribution in [0.1, 0.15) is 34.8 Å². The molecule has 3 atom stereocenters. The molecule has 3 nitrogen and oxygen atoms in total. The Bertz CT molecular complexity index is 435. The predicted octanol–water partition coefficient (Wildman–Crippen LogP) is 2.01. The molecule has 2 aliphatic heterocycles. The van der Waals surface area contributed by atoms with E-state index in [1.165, 1.54) is 17.7 Å². The number of hydrogen-bond acceptors (Lipinski definition) is 4. The number of thiazole rings is 1. The number of rotatable bonds is 3. The summed E-state index contributed by atoms with van der Waals surface area (Å²) >= 11 is 1.67. The minimum atomic E-state index is 0.248. The van der Waals surface area contributed by atoms with Crippen LogP contribution >= 0.6 is 11.3 Å². The van der Waals surface area contributed by atoms with Crippen molar-refractivity contribution in [3.05, 3.63) is 15.6 Å². The van der Waals surface area contributed by atoms with Crippen LogP contribution in [0.5, 0.6) is 0 Å². The quantitative estimate of drug-likeness (QED) is 0.892. The van der Waals surface area contributed by atoms with E-state index >= 15 is 0 Å². The minimum absolute atomic E-state index is 0.248. The standard InChI is InChI=1S/C13H18N2OS/c1-7-8(2)17-13(14-7)6-12(16)10-5-9-3-4-11(10)15-9/h9-11,15H,3-6H2,1-2H3. The Morgan fingerprint density at radius 1 is 1.47 bits per heavy atom. The smallest absolute Gasteiger partial charge is 0.144 e. The van der Waals surface area contributed by atoms with Gasteiger partial charge in [-0.15, -0.1) is 11.3 Å². The van der Waals surface area contributed by atoms with Crippen LogP contribution in [0.15, 0.2) is 0 Å². The highest BCUT2D eigenvalue weighted by molar-refractivity contribution is 7.11. The van der Waals surface area contributed by atoms with E-state index in [-0.39, 0.29) is 5.92 Å². The van der Waals surface area contributed by atoms with Crippen LogP contribution in [0.3, 0.4) is 0 Å². The third-order valence-electron chi connectivity index (χ3n) is 4.11. The highest BCUT2D eigenvalue weighted by Gasteiger charge is 2.42. The lowest BCUT2D eigenvalue weighted by molar-refractivity contribution is -0.122. The maximum absolute atomic E-state index is 12.3. The summed E-state index contributed by atoms with van der Waals surface area (Å²) < 4.78 is 0. The van der Waals surface area contributed by atoms with Gasteiger partial charge in [-0.05, 0) is 33.1 Å². The molecule has 4 heteroatoms. The molecule has 3 rings (SSSR count). The van der Waals surface area contributed by atoms with E-state index in [1.807, 2.05) is 6.92 Å². The summed E-state index contributed by atoms with van der Waals surface area (Å²) in [6, 6.07) is 1.06. The fourth-order valence-electron chi connectivity index (χ4n) is 3.07. The average Bonchev–Trinajstić information content (AvgIpc) is 2.95. The van der Waals surface area contributed by atoms with Gasteiger partial charge in [0.25, 0.3) is 0 Å². The summed E-state index contributed by atoms with van der Waals surface area (Å²) in [6.07, 6.45) is 4.02. The molecule has 1 aromatic rings. The van der Waals surface area contributed by atoms with Gasteiger partial charge in [-0.2, -0.15) is 0 Å². The van der Waals surface area contributed by atoms with Crippen LogP contribution in [-0.2, 0) is 11.2 Å². The molecule has 17 heavy (non-hydrogen) atoms. The van der Waals surface area contributed by atoms with Crippen LogP contribution in [0, 0.1) is 19.8 Å². The maximum atomic E-state index is 12.3. The molecular weight excluding hydrogens is 232 g/mol. The van der Waals surface area contributed by atoms with Crippen molar-refractivity contribution in [1.82, 2.24) is 10.3 Å². The van der Waals surface area contributed by atoms with E-state index in [9.17, 15) is 4.79 Å². The maximum Gasteiger partial charge on any atom is 0.144 e. The fraction of sp³-hybridized carbons (Fsp3) is 0.692. The summed E-state index contributed by atoms with van der Waals surface area (Å²) in [6.45, 7) is 4.08. The second-order valence-corrected chi connectivity index (χ2v) is 6.57. The van der Waals surface area contributed by atoms with Gasteiger partial charge >= 0.3 is 0 Å². The van der Waals surface area contributed by atoms with Gasteiger partial charge < -0.3 is 5.32 Å². The molecule has 2 aliphatic rings. The van der Waals surface area contributed by atoms with Crippen LogP contribution in [0.4, 0.5) is 0 Å². The largest absolute Gasteiger partial charge is 0.310 e. The third-order valence-corrected chi connectivity index (χ3v) is 5.18. The first-order valence-corrected chi connectivity index (χ1v) is 7.17. The molecule has 3 heterocycles. The summed E-state index contributed by atoms with van der Waals surface area (Å²) in [5, 5.41) is 4.52. The second kappa shape index (κ2) is 4.18. The highest BCUT2D eigenvalue weighted by Crippen LogP contribution is 2.34. The second-order valence-electron chi connectivity index (χ2n) is 5.28. The van der Waals surface area contributed by atoms with Gasteiger partial charge in [0, 0.05) is 22.9 Å². The van der Waals surface area contributed by atoms with Crippen molar-refractivity contribution in [2.45, 2.75) is 51.6 Å². The number of nitrogens with one attached hydrogen (secondary N) is 1. The Morgan fingerprint density at radius 3 is 2.82 bits per heavy atom. The van der Waals surface area contributed by atoms with Crippen molar-refractivity contribution in [2.75, 3.05) is 0 Å². The van der Waals surface area contributed by atoms with Gasteiger partial charge in [0.1, 0.15) is 10.8 Å². The Labute approximate surface area is 106 Å². The molecule has 0 spiro atoms. The predicted molar refractivity (Wildman–Crippen MR) is 68.4 cm³/mol. The number of Topliss-reactive ketones (excluding diaryl/α,β-unsaturated/α-hetero) is 1. The van der Waals surface area contributed by atoms with E-state index < -0.39 is 0 Å². The van der Waals surface area contributed by atoms with E-state index in [1.54, 1.807) is 11.3 Å².